The molecule has 1 aromatic heterocycles. The third kappa shape index (κ3) is 6.30. The number of anilines is 3. The molecular formula is C35H36Cl2N6O5. The van der Waals surface area contributed by atoms with E-state index in [9.17, 15) is 9.59 Å². The highest BCUT2D eigenvalue weighted by Gasteiger charge is 2.45. The second-order valence-electron chi connectivity index (χ2n) is 12.2. The quantitative estimate of drug-likeness (QED) is 0.208. The summed E-state index contributed by atoms with van der Waals surface area (Å²) in [6.45, 7) is 6.15. The molecule has 13 heteroatoms. The molecule has 0 radical (unpaired) electrons. The number of ether oxygens (including phenoxy) is 3. The van der Waals surface area contributed by atoms with E-state index in [1.54, 1.807) is 38.6 Å². The Labute approximate surface area is 289 Å². The van der Waals surface area contributed by atoms with E-state index in [0.717, 1.165) is 43.3 Å². The van der Waals surface area contributed by atoms with Gasteiger partial charge in [-0.25, -0.2) is 14.7 Å². The van der Waals surface area contributed by atoms with E-state index < -0.39 is 11.8 Å². The summed E-state index contributed by atoms with van der Waals surface area (Å²) in [5, 5.41) is 1.00. The van der Waals surface area contributed by atoms with Gasteiger partial charge in [0, 0.05) is 67.6 Å². The van der Waals surface area contributed by atoms with Crippen molar-refractivity contribution in [2.24, 2.45) is 0 Å². The maximum Gasteiger partial charge on any atom is 0.331 e. The fraction of sp³-hybridized carbons (Fsp3) is 0.343. The summed E-state index contributed by atoms with van der Waals surface area (Å²) in [4.78, 5) is 36.6. The molecule has 0 N–H and O–H groups in total. The van der Waals surface area contributed by atoms with Crippen LogP contribution in [0.15, 0.2) is 85.5 Å². The summed E-state index contributed by atoms with van der Waals surface area (Å²) >= 11 is 12.8. The molecule has 7 rings (SSSR count). The predicted molar refractivity (Wildman–Crippen MR) is 184 cm³/mol. The lowest BCUT2D eigenvalue weighted by atomic mass is 10.1. The Bertz CT molecular complexity index is 1750. The molecule has 3 aliphatic heterocycles. The number of hydrogen-bond donors (Lipinski definition) is 0. The number of carbonyl (C=O) groups is 2. The van der Waals surface area contributed by atoms with Crippen LogP contribution in [0.25, 0.3) is 0 Å². The van der Waals surface area contributed by atoms with E-state index in [1.165, 1.54) is 9.80 Å². The Kier molecular flexibility index (Phi) is 8.95. The van der Waals surface area contributed by atoms with Gasteiger partial charge in [0.2, 0.25) is 5.79 Å². The topological polar surface area (TPSA) is 92.6 Å². The SMILES string of the molecule is CC1C(=O)N(c2ccc(N3CCN(c4ccc(OCC5COC(Cn6ccnc6)(c6ccc(Cl)cc6Cl)O5)cc4)CC3)cc2)C(=O)N1C. The van der Waals surface area contributed by atoms with Crippen LogP contribution in [0.2, 0.25) is 10.0 Å². The van der Waals surface area contributed by atoms with Crippen molar-refractivity contribution in [1.29, 1.82) is 0 Å². The number of nitrogens with zero attached hydrogens (tertiary/aromatic N) is 6. The van der Waals surface area contributed by atoms with Crippen molar-refractivity contribution in [3.05, 3.63) is 101 Å². The lowest BCUT2D eigenvalue weighted by Gasteiger charge is -2.37. The molecule has 0 spiro atoms. The first kappa shape index (κ1) is 32.3. The predicted octanol–water partition coefficient (Wildman–Crippen LogP) is 5.65. The number of urea groups is 1. The molecule has 3 aliphatic rings. The highest BCUT2D eigenvalue weighted by Crippen LogP contribution is 2.40. The first-order valence-corrected chi connectivity index (χ1v) is 16.6. The molecule has 0 bridgehead atoms. The van der Waals surface area contributed by atoms with Crippen LogP contribution in [0, 0.1) is 0 Å². The van der Waals surface area contributed by atoms with Crippen LogP contribution in [-0.2, 0) is 26.6 Å². The third-order valence-corrected chi connectivity index (χ3v) is 9.74. The average Bonchev–Trinajstić information content (AvgIpc) is 3.81. The molecule has 4 aromatic rings. The molecule has 3 saturated heterocycles. The molecule has 250 valence electrons. The summed E-state index contributed by atoms with van der Waals surface area (Å²) in [6, 6.07) is 20.3. The van der Waals surface area contributed by atoms with Gasteiger partial charge in [0.15, 0.2) is 0 Å². The van der Waals surface area contributed by atoms with Gasteiger partial charge in [0.05, 0.1) is 30.2 Å². The van der Waals surface area contributed by atoms with Crippen LogP contribution < -0.4 is 19.4 Å². The Morgan fingerprint density at radius 2 is 1.56 bits per heavy atom. The van der Waals surface area contributed by atoms with Crippen LogP contribution in [0.3, 0.4) is 0 Å². The van der Waals surface area contributed by atoms with Gasteiger partial charge in [-0.2, -0.15) is 0 Å². The number of halogens is 2. The zero-order valence-electron chi connectivity index (χ0n) is 26.7. The van der Waals surface area contributed by atoms with Crippen molar-refractivity contribution >= 4 is 52.2 Å². The fourth-order valence-electron chi connectivity index (χ4n) is 6.36. The Morgan fingerprint density at radius 3 is 2.15 bits per heavy atom. The van der Waals surface area contributed by atoms with E-state index in [2.05, 4.69) is 26.9 Å². The molecule has 3 atom stereocenters. The number of carbonyl (C=O) groups excluding carboxylic acids is 2. The molecule has 48 heavy (non-hydrogen) atoms. The van der Waals surface area contributed by atoms with Gasteiger partial charge in [-0.15, -0.1) is 0 Å². The van der Waals surface area contributed by atoms with Gasteiger partial charge in [0.1, 0.15) is 24.5 Å². The second kappa shape index (κ2) is 13.3. The average molecular weight is 692 g/mol. The molecular weight excluding hydrogens is 655 g/mol. The van der Waals surface area contributed by atoms with Gasteiger partial charge in [-0.05, 0) is 67.6 Å². The zero-order chi connectivity index (χ0) is 33.4. The monoisotopic (exact) mass is 690 g/mol. The van der Waals surface area contributed by atoms with Gasteiger partial charge < -0.3 is 33.5 Å². The summed E-state index contributed by atoms with van der Waals surface area (Å²) in [7, 11) is 1.65. The van der Waals surface area contributed by atoms with Crippen molar-refractivity contribution < 1.29 is 23.8 Å². The van der Waals surface area contributed by atoms with Crippen LogP contribution in [-0.4, -0.2) is 85.0 Å². The third-order valence-electron chi connectivity index (χ3n) is 9.19. The number of likely N-dealkylation sites (N-methyl/N-ethyl adjacent to an activating group) is 1. The molecule has 3 fully saturated rings. The lowest BCUT2D eigenvalue weighted by Crippen LogP contribution is -2.46. The number of imide groups is 1. The van der Waals surface area contributed by atoms with Crippen molar-refractivity contribution in [3.8, 4) is 5.75 Å². The van der Waals surface area contributed by atoms with Gasteiger partial charge in [-0.1, -0.05) is 29.3 Å². The fourth-order valence-corrected chi connectivity index (χ4v) is 6.91. The Morgan fingerprint density at radius 1 is 0.917 bits per heavy atom. The second-order valence-corrected chi connectivity index (χ2v) is 13.0. The number of piperazine rings is 1. The van der Waals surface area contributed by atoms with Crippen LogP contribution >= 0.6 is 23.2 Å². The minimum atomic E-state index is -1.11. The largest absolute Gasteiger partial charge is 0.491 e. The standard InChI is InChI=1S/C35H36Cl2N6O5/c1-24-33(44)43(34(45)39(24)2)28-6-4-26(5-7-28)41-15-17-42(18-16-41)27-8-10-29(11-9-27)46-20-30-21-47-35(48-30,22-40-14-13-38-23-40)31-12-3-25(36)19-32(31)37/h3-14,19,23-24,30H,15-18,20-22H2,1-2H3. The highest BCUT2D eigenvalue weighted by molar-refractivity contribution is 6.35. The van der Waals surface area contributed by atoms with E-state index in [4.69, 9.17) is 37.4 Å². The highest BCUT2D eigenvalue weighted by atomic mass is 35.5. The van der Waals surface area contributed by atoms with Crippen molar-refractivity contribution in [3.63, 3.8) is 0 Å². The molecule has 3 amide bonds. The Balaban J connectivity index is 0.925. The normalized spacial score (nSPS) is 23.0. The van der Waals surface area contributed by atoms with Gasteiger partial charge in [0.25, 0.3) is 5.91 Å². The van der Waals surface area contributed by atoms with E-state index in [0.29, 0.717) is 41.1 Å². The molecule has 3 unspecified atom stereocenters. The van der Waals surface area contributed by atoms with Gasteiger partial charge in [-0.3, -0.25) is 4.79 Å². The maximum absolute atomic E-state index is 12.6. The van der Waals surface area contributed by atoms with E-state index in [1.807, 2.05) is 53.2 Å². The van der Waals surface area contributed by atoms with Gasteiger partial charge >= 0.3 is 6.03 Å². The first-order valence-electron chi connectivity index (χ1n) is 15.9. The number of rotatable bonds is 9. The molecule has 0 saturated carbocycles. The molecule has 0 aliphatic carbocycles. The van der Waals surface area contributed by atoms with Crippen LogP contribution in [0.4, 0.5) is 21.9 Å². The number of benzene rings is 3. The van der Waals surface area contributed by atoms with E-state index in [-0.39, 0.29) is 18.0 Å². The Hall–Kier alpha value is -4.29. The minimum absolute atomic E-state index is 0.204. The first-order chi connectivity index (χ1) is 23.2. The van der Waals surface area contributed by atoms with Crippen LogP contribution in [0.5, 0.6) is 5.75 Å². The molecule has 11 nitrogen and oxygen atoms in total. The summed E-state index contributed by atoms with van der Waals surface area (Å²) < 4.78 is 20.8. The lowest BCUT2D eigenvalue weighted by molar-refractivity contribution is -0.189. The van der Waals surface area contributed by atoms with Crippen molar-refractivity contribution in [1.82, 2.24) is 14.5 Å². The molecule has 4 heterocycles. The number of amides is 3. The number of imidazole rings is 1. The summed E-state index contributed by atoms with van der Waals surface area (Å²) in [5.41, 5.74) is 3.48. The smallest absolute Gasteiger partial charge is 0.331 e. The maximum atomic E-state index is 12.6. The van der Waals surface area contributed by atoms with Crippen molar-refractivity contribution in [2.75, 3.05) is 61.1 Å². The summed E-state index contributed by atoms with van der Waals surface area (Å²) in [6.07, 6.45) is 4.95. The van der Waals surface area contributed by atoms with Crippen LogP contribution in [0.1, 0.15) is 12.5 Å². The zero-order valence-corrected chi connectivity index (χ0v) is 28.2. The molecule has 3 aromatic carbocycles. The van der Waals surface area contributed by atoms with E-state index >= 15 is 0 Å². The number of hydrogen-bond acceptors (Lipinski definition) is 8. The number of aromatic nitrogens is 2. The minimum Gasteiger partial charge on any atom is -0.491 e. The summed E-state index contributed by atoms with van der Waals surface area (Å²) in [5.74, 6) is -0.566. The van der Waals surface area contributed by atoms with Crippen molar-refractivity contribution in [2.45, 2.75) is 31.4 Å².